The highest BCUT2D eigenvalue weighted by atomic mass is 79.9. The molecule has 7 rings (SSSR count). The summed E-state index contributed by atoms with van der Waals surface area (Å²) in [5.74, 6) is 1.10. The van der Waals surface area contributed by atoms with Gasteiger partial charge in [-0.1, -0.05) is 36.4 Å². The first-order valence-corrected chi connectivity index (χ1v) is 15.6. The Morgan fingerprint density at radius 3 is 2.35 bits per heavy atom. The first-order chi connectivity index (χ1) is 22.8. The second-order valence-corrected chi connectivity index (χ2v) is 12.7. The van der Waals surface area contributed by atoms with E-state index in [1.165, 1.54) is 7.11 Å². The summed E-state index contributed by atoms with van der Waals surface area (Å²) >= 11 is 0. The lowest BCUT2D eigenvalue weighted by atomic mass is 9.70. The first-order valence-electron chi connectivity index (χ1n) is 15.6. The predicted molar refractivity (Wildman–Crippen MR) is 170 cm³/mol. The number of hydrogen-bond acceptors (Lipinski definition) is 3. The molecule has 3 saturated heterocycles. The molecule has 2 bridgehead atoms. The number of alkyl halides is 6. The molecule has 6 nitrogen and oxygen atoms in total. The van der Waals surface area contributed by atoms with Gasteiger partial charge in [0.1, 0.15) is 24.4 Å². The number of aromatic nitrogens is 1. The third kappa shape index (κ3) is 7.57. The van der Waals surface area contributed by atoms with Gasteiger partial charge >= 0.3 is 18.4 Å². The number of carbonyl (C=O) groups is 1. The summed E-state index contributed by atoms with van der Waals surface area (Å²) in [5.41, 5.74) is -1.20. The Balaban J connectivity index is 0.00000468. The van der Waals surface area contributed by atoms with Gasteiger partial charge in [0, 0.05) is 41.6 Å². The second-order valence-electron chi connectivity index (χ2n) is 12.7. The average Bonchev–Trinajstić information content (AvgIpc) is 3.06. The number of fused-ring (bicyclic) bond motifs is 4. The summed E-state index contributed by atoms with van der Waals surface area (Å²) in [5, 5.41) is 6.00. The number of nitrogens with zero attached hydrogens (tertiary/aromatic N) is 2. The molecular formula is C36H35BrF6N4O2. The van der Waals surface area contributed by atoms with Crippen LogP contribution in [-0.4, -0.2) is 41.7 Å². The lowest BCUT2D eigenvalue weighted by Crippen LogP contribution is -3.00. The summed E-state index contributed by atoms with van der Waals surface area (Å²) in [7, 11) is 1.53. The van der Waals surface area contributed by atoms with Crippen LogP contribution in [0.25, 0.3) is 10.9 Å². The zero-order chi connectivity index (χ0) is 34.3. The monoisotopic (exact) mass is 748 g/mol. The predicted octanol–water partition coefficient (Wildman–Crippen LogP) is 5.76. The van der Waals surface area contributed by atoms with Crippen molar-refractivity contribution in [3.05, 3.63) is 114 Å². The lowest BCUT2D eigenvalue weighted by molar-refractivity contribution is -0.983. The molecule has 3 fully saturated rings. The number of pyridine rings is 1. The van der Waals surface area contributed by atoms with Crippen LogP contribution in [0.15, 0.2) is 91.6 Å². The minimum Gasteiger partial charge on any atom is -1.00 e. The van der Waals surface area contributed by atoms with Gasteiger partial charge in [-0.15, -0.1) is 6.58 Å². The van der Waals surface area contributed by atoms with Gasteiger partial charge in [-0.25, -0.2) is 4.79 Å². The van der Waals surface area contributed by atoms with Crippen LogP contribution in [-0.2, 0) is 18.9 Å². The number of rotatable bonds is 8. The van der Waals surface area contributed by atoms with Crippen LogP contribution >= 0.6 is 0 Å². The fourth-order valence-corrected chi connectivity index (χ4v) is 7.61. The van der Waals surface area contributed by atoms with Gasteiger partial charge in [0.25, 0.3) is 0 Å². The molecule has 13 heteroatoms. The number of anilines is 1. The molecule has 2 N–H and O–H groups in total. The van der Waals surface area contributed by atoms with Crippen molar-refractivity contribution in [2.75, 3.05) is 25.5 Å². The van der Waals surface area contributed by atoms with E-state index in [2.05, 4.69) is 34.3 Å². The van der Waals surface area contributed by atoms with Crippen molar-refractivity contribution in [3.8, 4) is 5.75 Å². The van der Waals surface area contributed by atoms with E-state index in [0.717, 1.165) is 25.1 Å². The minimum absolute atomic E-state index is 0. The SMILES string of the molecule is C=CC1C[N+]2(Cc3ccccc3)CCC1CC2[C@@H](NC(=O)Nc1cc(C(F)(F)F)cc(C(F)(F)F)c1)c1ccnc2ccc(OC)cc12.[Br-]. The Bertz CT molecular complexity index is 1790. The summed E-state index contributed by atoms with van der Waals surface area (Å²) < 4.78 is 87.7. The number of methoxy groups -OCH3 is 1. The highest BCUT2D eigenvalue weighted by Crippen LogP contribution is 2.48. The van der Waals surface area contributed by atoms with Crippen LogP contribution in [0.3, 0.4) is 0 Å². The third-order valence-corrected chi connectivity index (χ3v) is 9.85. The summed E-state index contributed by atoms with van der Waals surface area (Å²) in [6.07, 6.45) is -4.83. The lowest BCUT2D eigenvalue weighted by Gasteiger charge is -2.58. The maximum atomic E-state index is 13.8. The van der Waals surface area contributed by atoms with E-state index < -0.39 is 41.2 Å². The number of hydrogen-bond donors (Lipinski definition) is 2. The Hall–Kier alpha value is -4.10. The number of nitrogens with one attached hydrogen (secondary N) is 2. The van der Waals surface area contributed by atoms with E-state index in [1.54, 1.807) is 24.4 Å². The highest BCUT2D eigenvalue weighted by molar-refractivity contribution is 5.91. The third-order valence-electron chi connectivity index (χ3n) is 9.85. The number of quaternary nitrogens is 1. The standard InChI is InChI=1S/C36H34F6N4O2.BrH/c1-3-23-21-46(20-22-7-5-4-6-8-22)14-12-24(23)15-32(46)33(29-11-13-43-31-10-9-28(48-2)19-30(29)31)45-34(47)44-27-17-25(35(37,38)39)16-26(18-27)36(40,41)42;/h3-11,13,16-19,23-24,32-33H,1,12,14-15,20-21H2,2H3,(H-,44,45,47);1H/t23?,24?,32?,33-,46?;/m0./s1. The number of ether oxygens (including phenoxy) is 1. The number of benzene rings is 3. The molecule has 4 aromatic rings. The Morgan fingerprint density at radius 2 is 1.71 bits per heavy atom. The zero-order valence-electron chi connectivity index (χ0n) is 26.5. The smallest absolute Gasteiger partial charge is 0.416 e. The zero-order valence-corrected chi connectivity index (χ0v) is 28.1. The summed E-state index contributed by atoms with van der Waals surface area (Å²) in [4.78, 5) is 18.3. The molecule has 0 spiro atoms. The van der Waals surface area contributed by atoms with Crippen molar-refractivity contribution in [3.63, 3.8) is 0 Å². The molecule has 3 aliphatic rings. The van der Waals surface area contributed by atoms with Crippen molar-refractivity contribution in [2.24, 2.45) is 11.8 Å². The first kappa shape index (κ1) is 36.2. The van der Waals surface area contributed by atoms with Gasteiger partial charge in [0.05, 0.1) is 36.8 Å². The number of carbonyl (C=O) groups excluding carboxylic acids is 1. The van der Waals surface area contributed by atoms with Crippen LogP contribution in [0, 0.1) is 11.8 Å². The molecule has 1 aromatic heterocycles. The van der Waals surface area contributed by atoms with Crippen molar-refractivity contribution in [1.29, 1.82) is 0 Å². The van der Waals surface area contributed by atoms with E-state index in [-0.39, 0.29) is 40.9 Å². The molecule has 4 heterocycles. The molecule has 0 radical (unpaired) electrons. The fraction of sp³-hybridized carbons (Fsp3) is 0.333. The van der Waals surface area contributed by atoms with E-state index >= 15 is 0 Å². The normalized spacial score (nSPS) is 22.6. The molecule has 0 aliphatic carbocycles. The Labute approximate surface area is 290 Å². The molecule has 4 unspecified atom stereocenters. The molecule has 3 aliphatic heterocycles. The number of amides is 2. The van der Waals surface area contributed by atoms with Gasteiger partial charge in [-0.2, -0.15) is 26.3 Å². The topological polar surface area (TPSA) is 63.2 Å². The summed E-state index contributed by atoms with van der Waals surface area (Å²) in [6.45, 7) is 6.35. The molecule has 260 valence electrons. The maximum Gasteiger partial charge on any atom is 0.416 e. The van der Waals surface area contributed by atoms with E-state index in [4.69, 9.17) is 4.74 Å². The number of urea groups is 1. The van der Waals surface area contributed by atoms with E-state index in [9.17, 15) is 31.1 Å². The van der Waals surface area contributed by atoms with E-state index in [0.29, 0.717) is 51.8 Å². The maximum absolute atomic E-state index is 13.8. The highest BCUT2D eigenvalue weighted by Gasteiger charge is 2.54. The molecule has 2 amide bonds. The van der Waals surface area contributed by atoms with Crippen molar-refractivity contribution in [1.82, 2.24) is 10.3 Å². The van der Waals surface area contributed by atoms with Gasteiger partial charge in [-0.3, -0.25) is 4.98 Å². The fourth-order valence-electron chi connectivity index (χ4n) is 7.61. The van der Waals surface area contributed by atoms with Crippen LogP contribution in [0.1, 0.15) is 41.1 Å². The quantitative estimate of drug-likeness (QED) is 0.137. The molecule has 5 atom stereocenters. The van der Waals surface area contributed by atoms with Gasteiger partial charge < -0.3 is 36.8 Å². The average molecular weight is 750 g/mol. The van der Waals surface area contributed by atoms with Crippen LogP contribution in [0.5, 0.6) is 5.75 Å². The Morgan fingerprint density at radius 1 is 1.02 bits per heavy atom. The number of halogens is 7. The van der Waals surface area contributed by atoms with Crippen LogP contribution < -0.4 is 32.4 Å². The van der Waals surface area contributed by atoms with Gasteiger partial charge in [-0.05, 0) is 53.9 Å². The van der Waals surface area contributed by atoms with Gasteiger partial charge in [0.2, 0.25) is 0 Å². The molecule has 0 saturated carbocycles. The molecular weight excluding hydrogens is 714 g/mol. The molecule has 49 heavy (non-hydrogen) atoms. The van der Waals surface area contributed by atoms with Crippen molar-refractivity contribution in [2.45, 2.75) is 43.8 Å². The molecule has 3 aromatic carbocycles. The van der Waals surface area contributed by atoms with Crippen LogP contribution in [0.2, 0.25) is 0 Å². The van der Waals surface area contributed by atoms with Gasteiger partial charge in [0.15, 0.2) is 0 Å². The minimum atomic E-state index is -5.06. The van der Waals surface area contributed by atoms with Crippen LogP contribution in [0.4, 0.5) is 36.8 Å². The Kier molecular flexibility index (Phi) is 10.4. The van der Waals surface area contributed by atoms with Crippen molar-refractivity contribution < 1.29 is 57.3 Å². The van der Waals surface area contributed by atoms with Crippen molar-refractivity contribution >= 4 is 22.6 Å². The largest absolute Gasteiger partial charge is 1.00 e. The number of piperidine rings is 3. The van der Waals surface area contributed by atoms with E-state index in [1.807, 2.05) is 30.3 Å². The second kappa shape index (κ2) is 14.0. The summed E-state index contributed by atoms with van der Waals surface area (Å²) in [6, 6.07) is 16.4.